The first-order valence-corrected chi connectivity index (χ1v) is 12.4. The number of hydrogen-bond acceptors (Lipinski definition) is 4. The molecule has 1 aliphatic rings. The fraction of sp³-hybridized carbons (Fsp3) is 0.269. The third kappa shape index (κ3) is 4.88. The monoisotopic (exact) mass is 464 g/mol. The van der Waals surface area contributed by atoms with Crippen molar-refractivity contribution < 1.29 is 17.9 Å². The molecule has 172 valence electrons. The molecule has 1 aliphatic carbocycles. The number of fused-ring (bicyclic) bond motifs is 1. The van der Waals surface area contributed by atoms with Crippen molar-refractivity contribution >= 4 is 21.6 Å². The second kappa shape index (κ2) is 9.67. The van der Waals surface area contributed by atoms with E-state index in [0.717, 1.165) is 34.7 Å². The molecular weight excluding hydrogens is 436 g/mol. The first kappa shape index (κ1) is 22.9. The van der Waals surface area contributed by atoms with Crippen LogP contribution < -0.4 is 14.4 Å². The van der Waals surface area contributed by atoms with Crippen LogP contribution in [0.25, 0.3) is 0 Å². The lowest BCUT2D eigenvalue weighted by molar-refractivity contribution is -0.120. The second-order valence-corrected chi connectivity index (χ2v) is 10.1. The van der Waals surface area contributed by atoms with Gasteiger partial charge in [-0.2, -0.15) is 0 Å². The second-order valence-electron chi connectivity index (χ2n) is 8.21. The van der Waals surface area contributed by atoms with Crippen LogP contribution >= 0.6 is 0 Å². The number of nitrogens with zero attached hydrogens (tertiary/aromatic N) is 1. The smallest absolute Gasteiger partial charge is 0.264 e. The van der Waals surface area contributed by atoms with E-state index in [9.17, 15) is 13.2 Å². The molecule has 3 aromatic carbocycles. The Balaban J connectivity index is 1.68. The van der Waals surface area contributed by atoms with Crippen LogP contribution in [0.5, 0.6) is 5.75 Å². The number of sulfonamides is 1. The maximum Gasteiger partial charge on any atom is 0.264 e. The quantitative estimate of drug-likeness (QED) is 0.563. The summed E-state index contributed by atoms with van der Waals surface area (Å²) in [4.78, 5) is 13.3. The molecule has 0 bridgehead atoms. The van der Waals surface area contributed by atoms with E-state index in [2.05, 4.69) is 11.4 Å². The van der Waals surface area contributed by atoms with Crippen LogP contribution in [0.1, 0.15) is 35.6 Å². The van der Waals surface area contributed by atoms with Gasteiger partial charge in [-0.25, -0.2) is 8.42 Å². The Morgan fingerprint density at radius 2 is 1.79 bits per heavy atom. The van der Waals surface area contributed by atoms with E-state index in [1.807, 2.05) is 31.2 Å². The Bertz CT molecular complexity index is 1240. The Labute approximate surface area is 195 Å². The number of rotatable bonds is 7. The summed E-state index contributed by atoms with van der Waals surface area (Å²) in [5.41, 5.74) is 3.52. The zero-order valence-electron chi connectivity index (χ0n) is 18.8. The third-order valence-electron chi connectivity index (χ3n) is 5.93. The van der Waals surface area contributed by atoms with Crippen LogP contribution in [-0.2, 0) is 21.2 Å². The number of benzene rings is 3. The highest BCUT2D eigenvalue weighted by atomic mass is 32.2. The van der Waals surface area contributed by atoms with E-state index in [0.29, 0.717) is 11.4 Å². The van der Waals surface area contributed by atoms with Gasteiger partial charge in [0.2, 0.25) is 5.91 Å². The normalized spacial score (nSPS) is 15.4. The highest BCUT2D eigenvalue weighted by Gasteiger charge is 2.31. The van der Waals surface area contributed by atoms with Crippen LogP contribution in [0.15, 0.2) is 77.7 Å². The molecule has 1 N–H and O–H groups in total. The summed E-state index contributed by atoms with van der Waals surface area (Å²) in [7, 11) is -2.52. The topological polar surface area (TPSA) is 75.7 Å². The minimum atomic E-state index is -4.01. The minimum absolute atomic E-state index is 0.115. The van der Waals surface area contributed by atoms with Crippen molar-refractivity contribution in [2.75, 3.05) is 18.0 Å². The Hall–Kier alpha value is -3.32. The molecular formula is C26H28N2O4S. The lowest BCUT2D eigenvalue weighted by Gasteiger charge is -2.29. The van der Waals surface area contributed by atoms with E-state index in [-0.39, 0.29) is 23.4 Å². The summed E-state index contributed by atoms with van der Waals surface area (Å²) >= 11 is 0. The van der Waals surface area contributed by atoms with Gasteiger partial charge in [-0.3, -0.25) is 9.10 Å². The average molecular weight is 465 g/mol. The van der Waals surface area contributed by atoms with Gasteiger partial charge < -0.3 is 10.1 Å². The van der Waals surface area contributed by atoms with Gasteiger partial charge in [-0.05, 0) is 67.1 Å². The van der Waals surface area contributed by atoms with Gasteiger partial charge in [0.25, 0.3) is 10.0 Å². The van der Waals surface area contributed by atoms with E-state index < -0.39 is 10.0 Å². The third-order valence-corrected chi connectivity index (χ3v) is 7.70. The maximum absolute atomic E-state index is 13.6. The standard InChI is InChI=1S/C26H28N2O4S/c1-19-15-16-25(32-2)24(17-19)28(33(30,31)21-11-4-3-5-12-21)18-26(29)27-23-14-8-10-20-9-6-7-13-22(20)23/h3-7,9,11-13,15-17,23H,8,10,14,18H2,1-2H3,(H,27,29). The molecule has 0 radical (unpaired) electrons. The van der Waals surface area contributed by atoms with E-state index >= 15 is 0 Å². The van der Waals surface area contributed by atoms with Crippen molar-refractivity contribution in [2.24, 2.45) is 0 Å². The number of methoxy groups -OCH3 is 1. The summed E-state index contributed by atoms with van der Waals surface area (Å²) < 4.78 is 33.8. The SMILES string of the molecule is COc1ccc(C)cc1N(CC(=O)NC1CCCc2ccccc21)S(=O)(=O)c1ccccc1. The Kier molecular flexibility index (Phi) is 6.70. The lowest BCUT2D eigenvalue weighted by Crippen LogP contribution is -2.42. The molecule has 0 saturated carbocycles. The zero-order valence-corrected chi connectivity index (χ0v) is 19.6. The number of carbonyl (C=O) groups excluding carboxylic acids is 1. The number of hydrogen-bond donors (Lipinski definition) is 1. The molecule has 0 spiro atoms. The molecule has 1 unspecified atom stereocenters. The van der Waals surface area contributed by atoms with E-state index in [1.165, 1.54) is 24.8 Å². The fourth-order valence-corrected chi connectivity index (χ4v) is 5.73. The summed E-state index contributed by atoms with van der Waals surface area (Å²) in [5.74, 6) is 0.0238. The summed E-state index contributed by atoms with van der Waals surface area (Å²) in [6.07, 6.45) is 2.78. The van der Waals surface area contributed by atoms with Crippen LogP contribution in [0, 0.1) is 6.92 Å². The van der Waals surface area contributed by atoms with Crippen molar-refractivity contribution in [3.05, 3.63) is 89.5 Å². The molecule has 33 heavy (non-hydrogen) atoms. The molecule has 0 aromatic heterocycles. The van der Waals surface area contributed by atoms with Crippen LogP contribution in [0.4, 0.5) is 5.69 Å². The summed E-state index contributed by atoms with van der Waals surface area (Å²) in [5, 5.41) is 3.07. The molecule has 1 amide bonds. The molecule has 0 fully saturated rings. The average Bonchev–Trinajstić information content (AvgIpc) is 2.83. The van der Waals surface area contributed by atoms with Crippen molar-refractivity contribution in [1.29, 1.82) is 0 Å². The van der Waals surface area contributed by atoms with Gasteiger partial charge in [0.15, 0.2) is 0 Å². The van der Waals surface area contributed by atoms with Gasteiger partial charge >= 0.3 is 0 Å². The van der Waals surface area contributed by atoms with Crippen LogP contribution in [0.2, 0.25) is 0 Å². The predicted molar refractivity (Wildman–Crippen MR) is 129 cm³/mol. The minimum Gasteiger partial charge on any atom is -0.495 e. The van der Waals surface area contributed by atoms with E-state index in [1.54, 1.807) is 30.3 Å². The molecule has 4 rings (SSSR count). The molecule has 3 aromatic rings. The molecule has 6 nitrogen and oxygen atoms in total. The molecule has 0 heterocycles. The molecule has 7 heteroatoms. The van der Waals surface area contributed by atoms with Crippen LogP contribution in [0.3, 0.4) is 0 Å². The number of nitrogens with one attached hydrogen (secondary N) is 1. The van der Waals surface area contributed by atoms with E-state index in [4.69, 9.17) is 4.74 Å². The number of amides is 1. The predicted octanol–water partition coefficient (Wildman–Crippen LogP) is 4.39. The Morgan fingerprint density at radius 3 is 2.55 bits per heavy atom. The summed E-state index contributed by atoms with van der Waals surface area (Å²) in [6, 6.07) is 21.4. The molecule has 1 atom stereocenters. The Morgan fingerprint density at radius 1 is 1.06 bits per heavy atom. The van der Waals surface area contributed by atoms with Crippen molar-refractivity contribution in [3.8, 4) is 5.75 Å². The molecule has 0 saturated heterocycles. The highest BCUT2D eigenvalue weighted by Crippen LogP contribution is 2.34. The number of ether oxygens (including phenoxy) is 1. The maximum atomic E-state index is 13.6. The van der Waals surface area contributed by atoms with Gasteiger partial charge in [-0.1, -0.05) is 48.5 Å². The van der Waals surface area contributed by atoms with Gasteiger partial charge in [0.05, 0.1) is 23.7 Å². The van der Waals surface area contributed by atoms with Crippen molar-refractivity contribution in [1.82, 2.24) is 5.32 Å². The largest absolute Gasteiger partial charge is 0.495 e. The van der Waals surface area contributed by atoms with Crippen molar-refractivity contribution in [2.45, 2.75) is 37.1 Å². The number of anilines is 1. The zero-order chi connectivity index (χ0) is 23.4. The molecule has 0 aliphatic heterocycles. The van der Waals surface area contributed by atoms with Gasteiger partial charge in [0, 0.05) is 0 Å². The fourth-order valence-electron chi connectivity index (χ4n) is 4.29. The summed E-state index contributed by atoms with van der Waals surface area (Å²) in [6.45, 7) is 1.52. The number of aryl methyl sites for hydroxylation is 2. The lowest BCUT2D eigenvalue weighted by atomic mass is 9.88. The van der Waals surface area contributed by atoms with Gasteiger partial charge in [0.1, 0.15) is 12.3 Å². The van der Waals surface area contributed by atoms with Crippen LogP contribution in [-0.4, -0.2) is 28.0 Å². The highest BCUT2D eigenvalue weighted by molar-refractivity contribution is 7.92. The van der Waals surface area contributed by atoms with Crippen molar-refractivity contribution in [3.63, 3.8) is 0 Å². The first-order chi connectivity index (χ1) is 15.9. The first-order valence-electron chi connectivity index (χ1n) is 11.0. The van der Waals surface area contributed by atoms with Gasteiger partial charge in [-0.15, -0.1) is 0 Å². The number of carbonyl (C=O) groups is 1.